The molecule has 4 rings (SSSR count). The van der Waals surface area contributed by atoms with Gasteiger partial charge in [0.15, 0.2) is 0 Å². The van der Waals surface area contributed by atoms with Crippen LogP contribution < -0.4 is 0 Å². The van der Waals surface area contributed by atoms with Gasteiger partial charge in [-0.1, -0.05) is 48.0 Å². The minimum Gasteiger partial charge on any atom is -0.371 e. The lowest BCUT2D eigenvalue weighted by Gasteiger charge is -2.33. The van der Waals surface area contributed by atoms with Crippen LogP contribution in [0.1, 0.15) is 54.0 Å². The maximum atomic E-state index is 2.63. The molecule has 0 radical (unpaired) electrons. The molecule has 1 saturated heterocycles. The predicted molar refractivity (Wildman–Crippen MR) is 112 cm³/mol. The Kier molecular flexibility index (Phi) is 4.72. The summed E-state index contributed by atoms with van der Waals surface area (Å²) in [4.78, 5) is 2.63. The van der Waals surface area contributed by atoms with Crippen molar-refractivity contribution in [3.8, 4) is 0 Å². The van der Waals surface area contributed by atoms with Crippen molar-refractivity contribution in [2.45, 2.75) is 46.5 Å². The third-order valence-electron chi connectivity index (χ3n) is 5.93. The highest BCUT2D eigenvalue weighted by Crippen LogP contribution is 2.43. The molecule has 1 aliphatic heterocycles. The quantitative estimate of drug-likeness (QED) is 0.645. The number of benzene rings is 2. The second kappa shape index (κ2) is 7.15. The Morgan fingerprint density at radius 1 is 0.846 bits per heavy atom. The Morgan fingerprint density at radius 3 is 2.27 bits per heavy atom. The highest BCUT2D eigenvalue weighted by atomic mass is 15.1. The van der Waals surface area contributed by atoms with Gasteiger partial charge in [-0.2, -0.15) is 0 Å². The van der Waals surface area contributed by atoms with Crippen molar-refractivity contribution in [2.75, 3.05) is 13.1 Å². The minimum absolute atomic E-state index is 1.10. The van der Waals surface area contributed by atoms with E-state index in [1.54, 1.807) is 0 Å². The van der Waals surface area contributed by atoms with E-state index < -0.39 is 0 Å². The van der Waals surface area contributed by atoms with Gasteiger partial charge in [0.25, 0.3) is 0 Å². The topological polar surface area (TPSA) is 3.24 Å². The Hall–Kier alpha value is -2.28. The van der Waals surface area contributed by atoms with Gasteiger partial charge in [0.05, 0.1) is 0 Å². The molecule has 1 aliphatic carbocycles. The average molecular weight is 344 g/mol. The van der Waals surface area contributed by atoms with E-state index in [2.05, 4.69) is 74.2 Å². The summed E-state index contributed by atoms with van der Waals surface area (Å²) in [5, 5.41) is 0. The van der Waals surface area contributed by atoms with Crippen LogP contribution in [0.4, 0.5) is 0 Å². The maximum absolute atomic E-state index is 2.63. The molecule has 0 unspecified atom stereocenters. The molecule has 0 spiro atoms. The van der Waals surface area contributed by atoms with Crippen molar-refractivity contribution in [1.82, 2.24) is 4.90 Å². The van der Waals surface area contributed by atoms with Gasteiger partial charge in [0, 0.05) is 24.4 Å². The normalized spacial score (nSPS) is 17.7. The van der Waals surface area contributed by atoms with E-state index in [0.717, 1.165) is 6.42 Å². The molecule has 1 heteroatoms. The van der Waals surface area contributed by atoms with Gasteiger partial charge in [-0.3, -0.25) is 0 Å². The molecule has 0 saturated carbocycles. The van der Waals surface area contributed by atoms with E-state index in [0.29, 0.717) is 0 Å². The second-order valence-electron chi connectivity index (χ2n) is 7.87. The van der Waals surface area contributed by atoms with Crippen LogP contribution in [-0.4, -0.2) is 18.0 Å². The zero-order valence-corrected chi connectivity index (χ0v) is 16.3. The molecular formula is C25H29N. The fourth-order valence-electron chi connectivity index (χ4n) is 4.52. The average Bonchev–Trinajstić information content (AvgIpc) is 3.02. The molecule has 0 aromatic heterocycles. The highest BCUT2D eigenvalue weighted by molar-refractivity contribution is 5.91. The molecule has 134 valence electrons. The number of fused-ring (bicyclic) bond motifs is 1. The Balaban J connectivity index is 1.87. The van der Waals surface area contributed by atoms with Gasteiger partial charge in [0.1, 0.15) is 0 Å². The number of rotatable bonds is 3. The van der Waals surface area contributed by atoms with Gasteiger partial charge in [-0.05, 0) is 80.3 Å². The summed E-state index contributed by atoms with van der Waals surface area (Å²) < 4.78 is 0. The van der Waals surface area contributed by atoms with Crippen LogP contribution in [0.25, 0.3) is 11.6 Å². The molecule has 0 bridgehead atoms. The van der Waals surface area contributed by atoms with Gasteiger partial charge in [-0.25, -0.2) is 0 Å². The van der Waals surface area contributed by atoms with Crippen LogP contribution >= 0.6 is 0 Å². The number of aryl methyl sites for hydroxylation is 2. The van der Waals surface area contributed by atoms with Crippen molar-refractivity contribution in [3.05, 3.63) is 81.6 Å². The standard InChI is InChI=1S/C25H29N/c1-18-12-13-19(2)24-22(18)16-20(3)25(24)23(26-14-8-5-9-15-26)17-21-10-6-4-7-11-21/h4,6-7,10-13,17H,5,8-9,14-16H2,1-3H3/b23-17+. The van der Waals surface area contributed by atoms with Crippen molar-refractivity contribution in [2.24, 2.45) is 0 Å². The molecule has 1 nitrogen and oxygen atoms in total. The number of nitrogens with zero attached hydrogens (tertiary/aromatic N) is 1. The fraction of sp³-hybridized carbons (Fsp3) is 0.360. The van der Waals surface area contributed by atoms with E-state index in [9.17, 15) is 0 Å². The smallest absolute Gasteiger partial charge is 0.0451 e. The number of piperidine rings is 1. The first-order chi connectivity index (χ1) is 12.6. The lowest BCUT2D eigenvalue weighted by atomic mass is 9.93. The van der Waals surface area contributed by atoms with Gasteiger partial charge < -0.3 is 4.90 Å². The Morgan fingerprint density at radius 2 is 1.54 bits per heavy atom. The van der Waals surface area contributed by atoms with Crippen LogP contribution in [0.5, 0.6) is 0 Å². The second-order valence-corrected chi connectivity index (χ2v) is 7.87. The number of allylic oxidation sites excluding steroid dienone is 2. The first-order valence-electron chi connectivity index (χ1n) is 9.96. The summed E-state index contributed by atoms with van der Waals surface area (Å²) in [6, 6.07) is 15.4. The highest BCUT2D eigenvalue weighted by Gasteiger charge is 2.28. The first kappa shape index (κ1) is 17.1. The Labute approximate surface area is 158 Å². The molecule has 1 fully saturated rings. The van der Waals surface area contributed by atoms with E-state index in [1.807, 2.05) is 0 Å². The first-order valence-corrected chi connectivity index (χ1v) is 9.96. The summed E-state index contributed by atoms with van der Waals surface area (Å²) in [7, 11) is 0. The summed E-state index contributed by atoms with van der Waals surface area (Å²) in [6.45, 7) is 9.21. The van der Waals surface area contributed by atoms with Crippen LogP contribution in [-0.2, 0) is 6.42 Å². The molecule has 2 aliphatic rings. The van der Waals surface area contributed by atoms with Gasteiger partial charge in [-0.15, -0.1) is 0 Å². The van der Waals surface area contributed by atoms with Crippen LogP contribution in [0.15, 0.2) is 53.7 Å². The molecule has 1 heterocycles. The van der Waals surface area contributed by atoms with Crippen LogP contribution in [0.2, 0.25) is 0 Å². The largest absolute Gasteiger partial charge is 0.371 e. The van der Waals surface area contributed by atoms with Crippen LogP contribution in [0, 0.1) is 13.8 Å². The van der Waals surface area contributed by atoms with Crippen molar-refractivity contribution >= 4 is 11.6 Å². The van der Waals surface area contributed by atoms with Crippen molar-refractivity contribution in [3.63, 3.8) is 0 Å². The fourth-order valence-corrected chi connectivity index (χ4v) is 4.52. The zero-order valence-electron chi connectivity index (χ0n) is 16.3. The van der Waals surface area contributed by atoms with Gasteiger partial charge in [0.2, 0.25) is 0 Å². The zero-order chi connectivity index (χ0) is 18.1. The van der Waals surface area contributed by atoms with Crippen LogP contribution in [0.3, 0.4) is 0 Å². The van der Waals surface area contributed by atoms with Gasteiger partial charge >= 0.3 is 0 Å². The summed E-state index contributed by atoms with van der Waals surface area (Å²) in [5.74, 6) is 0. The van der Waals surface area contributed by atoms with E-state index in [-0.39, 0.29) is 0 Å². The molecule has 26 heavy (non-hydrogen) atoms. The molecule has 0 N–H and O–H groups in total. The summed E-state index contributed by atoms with van der Waals surface area (Å²) >= 11 is 0. The Bertz CT molecular complexity index is 865. The molecule has 2 aromatic carbocycles. The lowest BCUT2D eigenvalue weighted by molar-refractivity contribution is 0.297. The summed E-state index contributed by atoms with van der Waals surface area (Å²) in [5.41, 5.74) is 11.6. The van der Waals surface area contributed by atoms with E-state index in [1.165, 1.54) is 77.0 Å². The maximum Gasteiger partial charge on any atom is 0.0451 e. The number of hydrogen-bond donors (Lipinski definition) is 0. The minimum atomic E-state index is 1.10. The monoisotopic (exact) mass is 343 g/mol. The van der Waals surface area contributed by atoms with Crippen molar-refractivity contribution in [1.29, 1.82) is 0 Å². The molecular weight excluding hydrogens is 314 g/mol. The SMILES string of the molecule is CC1=C(/C(=C\c2ccccc2)N2CCCCC2)c2c(C)ccc(C)c2C1. The number of likely N-dealkylation sites (tertiary alicyclic amines) is 1. The third kappa shape index (κ3) is 3.11. The molecule has 0 atom stereocenters. The summed E-state index contributed by atoms with van der Waals surface area (Å²) in [6.07, 6.45) is 7.48. The van der Waals surface area contributed by atoms with Crippen molar-refractivity contribution < 1.29 is 0 Å². The number of hydrogen-bond acceptors (Lipinski definition) is 1. The van der Waals surface area contributed by atoms with E-state index >= 15 is 0 Å². The van der Waals surface area contributed by atoms with E-state index in [4.69, 9.17) is 0 Å². The lowest BCUT2D eigenvalue weighted by Crippen LogP contribution is -2.29. The molecule has 2 aromatic rings. The molecule has 0 amide bonds. The predicted octanol–water partition coefficient (Wildman–Crippen LogP) is 6.16. The third-order valence-corrected chi connectivity index (χ3v) is 5.93.